The molecule has 23 heavy (non-hydrogen) atoms. The molecular formula is C20H26N2O. The molecule has 2 aromatic rings. The Morgan fingerprint density at radius 2 is 2.04 bits per heavy atom. The number of hydrogen-bond acceptors (Lipinski definition) is 2. The van der Waals surface area contributed by atoms with Crippen LogP contribution in [-0.4, -0.2) is 16.4 Å². The normalized spacial score (nSPS) is 21.7. The highest BCUT2D eigenvalue weighted by Gasteiger charge is 2.35. The van der Waals surface area contributed by atoms with Crippen molar-refractivity contribution in [2.75, 3.05) is 6.61 Å². The van der Waals surface area contributed by atoms with Gasteiger partial charge in [0.15, 0.2) is 0 Å². The van der Waals surface area contributed by atoms with Crippen LogP contribution in [0, 0.1) is 5.41 Å². The second-order valence-electron chi connectivity index (χ2n) is 6.80. The lowest BCUT2D eigenvalue weighted by Gasteiger charge is -2.37. The summed E-state index contributed by atoms with van der Waals surface area (Å²) < 4.78 is 8.06. The van der Waals surface area contributed by atoms with Crippen molar-refractivity contribution in [1.82, 2.24) is 9.78 Å². The number of benzene rings is 1. The van der Waals surface area contributed by atoms with E-state index in [2.05, 4.69) is 62.3 Å². The van der Waals surface area contributed by atoms with Crippen molar-refractivity contribution in [1.29, 1.82) is 0 Å². The van der Waals surface area contributed by atoms with Gasteiger partial charge in [-0.15, -0.1) is 0 Å². The Balaban J connectivity index is 1.88. The van der Waals surface area contributed by atoms with Crippen LogP contribution in [0.2, 0.25) is 0 Å². The van der Waals surface area contributed by atoms with Crippen LogP contribution in [0.1, 0.15) is 50.1 Å². The fraction of sp³-hybridized carbons (Fsp3) is 0.450. The molecule has 1 aliphatic rings. The molecule has 0 saturated heterocycles. The molecule has 0 spiro atoms. The molecule has 1 heterocycles. The van der Waals surface area contributed by atoms with E-state index in [-0.39, 0.29) is 11.5 Å². The van der Waals surface area contributed by atoms with Gasteiger partial charge in [-0.05, 0) is 49.3 Å². The molecule has 1 aromatic heterocycles. The zero-order chi connectivity index (χ0) is 16.4. The van der Waals surface area contributed by atoms with E-state index in [4.69, 9.17) is 4.74 Å². The largest absolute Gasteiger partial charge is 0.374 e. The molecule has 0 N–H and O–H groups in total. The van der Waals surface area contributed by atoms with Gasteiger partial charge in [-0.3, -0.25) is 4.68 Å². The summed E-state index contributed by atoms with van der Waals surface area (Å²) in [4.78, 5) is 0. The summed E-state index contributed by atoms with van der Waals surface area (Å²) in [5.41, 5.74) is 5.36. The van der Waals surface area contributed by atoms with Gasteiger partial charge in [0.05, 0.1) is 18.0 Å². The van der Waals surface area contributed by atoms with Gasteiger partial charge in [-0.2, -0.15) is 5.10 Å². The highest BCUT2D eigenvalue weighted by Crippen LogP contribution is 2.44. The Labute approximate surface area is 139 Å². The van der Waals surface area contributed by atoms with E-state index in [0.29, 0.717) is 0 Å². The minimum Gasteiger partial charge on any atom is -0.374 e. The van der Waals surface area contributed by atoms with Crippen molar-refractivity contribution < 1.29 is 4.74 Å². The predicted molar refractivity (Wildman–Crippen MR) is 94.1 cm³/mol. The molecule has 3 nitrogen and oxygen atoms in total. The monoisotopic (exact) mass is 310 g/mol. The molecule has 0 aliphatic heterocycles. The number of hydrogen-bond donors (Lipinski definition) is 0. The van der Waals surface area contributed by atoms with Crippen LogP contribution in [0.5, 0.6) is 0 Å². The lowest BCUT2D eigenvalue weighted by atomic mass is 9.70. The molecule has 2 atom stereocenters. The maximum Gasteiger partial charge on any atom is 0.0833 e. The van der Waals surface area contributed by atoms with Gasteiger partial charge < -0.3 is 4.74 Å². The summed E-state index contributed by atoms with van der Waals surface area (Å²) in [5.74, 6) is 0. The van der Waals surface area contributed by atoms with E-state index in [1.165, 1.54) is 22.4 Å². The number of ether oxygens (including phenoxy) is 1. The summed E-state index contributed by atoms with van der Waals surface area (Å²) in [6.07, 6.45) is 6.44. The van der Waals surface area contributed by atoms with Crippen LogP contribution < -0.4 is 0 Å². The molecule has 1 aliphatic carbocycles. The Morgan fingerprint density at radius 3 is 2.74 bits per heavy atom. The van der Waals surface area contributed by atoms with E-state index < -0.39 is 0 Å². The SMILES string of the molecule is CCOC(CC1(C)Cc2cnn(C)c2C=C1C)c1ccccc1. The first-order chi connectivity index (χ1) is 11.0. The van der Waals surface area contributed by atoms with Gasteiger partial charge in [0.1, 0.15) is 0 Å². The average Bonchev–Trinajstić information content (AvgIpc) is 2.89. The van der Waals surface area contributed by atoms with Gasteiger partial charge in [0.2, 0.25) is 0 Å². The van der Waals surface area contributed by atoms with Crippen molar-refractivity contribution in [2.45, 2.75) is 39.7 Å². The Bertz CT molecular complexity index is 702. The first-order valence-corrected chi connectivity index (χ1v) is 8.39. The summed E-state index contributed by atoms with van der Waals surface area (Å²) in [6, 6.07) is 10.6. The summed E-state index contributed by atoms with van der Waals surface area (Å²) in [6.45, 7) is 7.39. The molecule has 0 saturated carbocycles. The topological polar surface area (TPSA) is 27.1 Å². The number of nitrogens with zero attached hydrogens (tertiary/aromatic N) is 2. The first kappa shape index (κ1) is 16.0. The zero-order valence-electron chi connectivity index (χ0n) is 14.5. The van der Waals surface area contributed by atoms with Crippen LogP contribution >= 0.6 is 0 Å². The van der Waals surface area contributed by atoms with E-state index in [1.807, 2.05) is 17.9 Å². The second-order valence-corrected chi connectivity index (χ2v) is 6.80. The quantitative estimate of drug-likeness (QED) is 0.810. The zero-order valence-corrected chi connectivity index (χ0v) is 14.5. The number of aromatic nitrogens is 2. The van der Waals surface area contributed by atoms with Crippen molar-refractivity contribution in [3.05, 3.63) is 58.9 Å². The fourth-order valence-electron chi connectivity index (χ4n) is 3.54. The summed E-state index contributed by atoms with van der Waals surface area (Å²) >= 11 is 0. The van der Waals surface area contributed by atoms with E-state index >= 15 is 0 Å². The molecule has 3 rings (SSSR count). The molecule has 2 unspecified atom stereocenters. The maximum atomic E-state index is 6.09. The van der Waals surface area contributed by atoms with Crippen molar-refractivity contribution in [3.8, 4) is 0 Å². The van der Waals surface area contributed by atoms with Crippen LogP contribution in [0.4, 0.5) is 0 Å². The fourth-order valence-corrected chi connectivity index (χ4v) is 3.54. The van der Waals surface area contributed by atoms with Crippen LogP contribution in [0.3, 0.4) is 0 Å². The highest BCUT2D eigenvalue weighted by molar-refractivity contribution is 5.58. The Morgan fingerprint density at radius 1 is 1.30 bits per heavy atom. The number of rotatable bonds is 5. The van der Waals surface area contributed by atoms with Crippen LogP contribution in [0.15, 0.2) is 42.1 Å². The smallest absolute Gasteiger partial charge is 0.0833 e. The molecule has 1 aromatic carbocycles. The van der Waals surface area contributed by atoms with Crippen molar-refractivity contribution in [2.24, 2.45) is 12.5 Å². The van der Waals surface area contributed by atoms with E-state index in [0.717, 1.165) is 19.4 Å². The van der Waals surface area contributed by atoms with Crippen molar-refractivity contribution in [3.63, 3.8) is 0 Å². The standard InChI is InChI=1S/C20H26N2O/c1-5-23-19(16-9-7-6-8-10-16)13-20(3)12-17-14-21-22(4)18(17)11-15(20)2/h6-11,14,19H,5,12-13H2,1-4H3. The molecule has 0 radical (unpaired) electrons. The molecule has 0 fully saturated rings. The Hall–Kier alpha value is -1.87. The van der Waals surface area contributed by atoms with Gasteiger partial charge >= 0.3 is 0 Å². The van der Waals surface area contributed by atoms with E-state index in [1.54, 1.807) is 0 Å². The van der Waals surface area contributed by atoms with E-state index in [9.17, 15) is 0 Å². The van der Waals surface area contributed by atoms with Gasteiger partial charge in [0.25, 0.3) is 0 Å². The number of allylic oxidation sites excluding steroid dienone is 1. The lowest BCUT2D eigenvalue weighted by Crippen LogP contribution is -2.28. The summed E-state index contributed by atoms with van der Waals surface area (Å²) in [5, 5.41) is 4.41. The molecule has 0 bridgehead atoms. The Kier molecular flexibility index (Phi) is 4.40. The molecule has 122 valence electrons. The predicted octanol–water partition coefficient (Wildman–Crippen LogP) is 4.55. The lowest BCUT2D eigenvalue weighted by molar-refractivity contribution is 0.0324. The van der Waals surface area contributed by atoms with Crippen molar-refractivity contribution >= 4 is 6.08 Å². The highest BCUT2D eigenvalue weighted by atomic mass is 16.5. The van der Waals surface area contributed by atoms with Gasteiger partial charge in [-0.25, -0.2) is 0 Å². The summed E-state index contributed by atoms with van der Waals surface area (Å²) in [7, 11) is 2.01. The maximum absolute atomic E-state index is 6.09. The third-order valence-electron chi connectivity index (χ3n) is 5.13. The number of aryl methyl sites for hydroxylation is 1. The molecule has 0 amide bonds. The molecular weight excluding hydrogens is 284 g/mol. The van der Waals surface area contributed by atoms with Gasteiger partial charge in [0, 0.05) is 13.7 Å². The third-order valence-corrected chi connectivity index (χ3v) is 5.13. The third kappa shape index (κ3) is 3.11. The minimum atomic E-state index is 0.103. The van der Waals surface area contributed by atoms with Crippen LogP contribution in [-0.2, 0) is 18.2 Å². The minimum absolute atomic E-state index is 0.103. The van der Waals surface area contributed by atoms with Crippen LogP contribution in [0.25, 0.3) is 6.08 Å². The van der Waals surface area contributed by atoms with Gasteiger partial charge in [-0.1, -0.05) is 42.8 Å². The number of fused-ring (bicyclic) bond motifs is 1. The average molecular weight is 310 g/mol. The first-order valence-electron chi connectivity index (χ1n) is 8.39. The second kappa shape index (κ2) is 6.32. The molecule has 3 heteroatoms.